The van der Waals surface area contributed by atoms with E-state index in [4.69, 9.17) is 4.74 Å². The van der Waals surface area contributed by atoms with E-state index in [9.17, 15) is 30.3 Å². The molecule has 5 N–H and O–H groups in total. The van der Waals surface area contributed by atoms with E-state index in [1.54, 1.807) is 24.3 Å². The van der Waals surface area contributed by atoms with Gasteiger partial charge in [-0.3, -0.25) is 9.69 Å². The van der Waals surface area contributed by atoms with E-state index in [-0.39, 0.29) is 61.1 Å². The van der Waals surface area contributed by atoms with E-state index in [1.807, 2.05) is 81.1 Å². The van der Waals surface area contributed by atoms with Gasteiger partial charge in [0.1, 0.15) is 34.8 Å². The predicted molar refractivity (Wildman–Crippen MR) is 197 cm³/mol. The molecule has 8 heteroatoms. The molecule has 0 unspecified atom stereocenters. The number of phenolic OH excluding ortho intramolecular Hbond substituents is 5. The number of carbonyl (C=O) groups excluding carboxylic acids is 1. The molecule has 8 nitrogen and oxygen atoms in total. The summed E-state index contributed by atoms with van der Waals surface area (Å²) in [4.78, 5) is 15.5. The number of esters is 1. The first-order chi connectivity index (χ1) is 24.3. The summed E-state index contributed by atoms with van der Waals surface area (Å²) in [5.41, 5.74) is 9.48. The minimum absolute atomic E-state index is 0.0533. The third-order valence-electron chi connectivity index (χ3n) is 9.82. The van der Waals surface area contributed by atoms with E-state index < -0.39 is 12.0 Å². The number of phenols is 5. The number of methoxy groups -OCH3 is 1. The number of aryl methyl sites for hydroxylation is 4. The van der Waals surface area contributed by atoms with Crippen molar-refractivity contribution in [3.05, 3.63) is 145 Å². The number of aromatic hydroxyl groups is 5. The van der Waals surface area contributed by atoms with Crippen molar-refractivity contribution < 1.29 is 35.1 Å². The number of nitrogens with zero attached hydrogens (tertiary/aromatic N) is 1. The zero-order chi connectivity index (χ0) is 36.6. The van der Waals surface area contributed by atoms with Crippen LogP contribution in [0.3, 0.4) is 0 Å². The van der Waals surface area contributed by atoms with E-state index in [2.05, 4.69) is 0 Å². The molecule has 0 fully saturated rings. The van der Waals surface area contributed by atoms with Crippen LogP contribution in [-0.2, 0) is 48.3 Å². The van der Waals surface area contributed by atoms with Crippen LogP contribution in [0.2, 0.25) is 0 Å². The summed E-state index contributed by atoms with van der Waals surface area (Å²) in [7, 11) is 1.34. The molecule has 5 aromatic rings. The highest BCUT2D eigenvalue weighted by Crippen LogP contribution is 2.38. The van der Waals surface area contributed by atoms with Crippen LogP contribution in [-0.4, -0.2) is 49.6 Å². The lowest BCUT2D eigenvalue weighted by molar-refractivity contribution is -0.147. The summed E-state index contributed by atoms with van der Waals surface area (Å²) in [6.07, 6.45) is 1.04. The molecule has 8 bridgehead atoms. The Hall–Kier alpha value is -5.47. The smallest absolute Gasteiger partial charge is 0.323 e. The lowest BCUT2D eigenvalue weighted by Gasteiger charge is -2.31. The fourth-order valence-electron chi connectivity index (χ4n) is 7.47. The molecular weight excluding hydrogens is 642 g/mol. The van der Waals surface area contributed by atoms with Crippen LogP contribution in [0.4, 0.5) is 0 Å². The topological polar surface area (TPSA) is 131 Å². The molecule has 1 aliphatic rings. The fraction of sp³-hybridized carbons (Fsp3) is 0.279. The van der Waals surface area contributed by atoms with Gasteiger partial charge in [0, 0.05) is 43.5 Å². The van der Waals surface area contributed by atoms with Gasteiger partial charge in [-0.2, -0.15) is 0 Å². The number of benzene rings is 5. The number of hydrogen-bond donors (Lipinski definition) is 5. The van der Waals surface area contributed by atoms with Crippen LogP contribution >= 0.6 is 0 Å². The van der Waals surface area contributed by atoms with Crippen LogP contribution < -0.4 is 0 Å². The molecule has 1 heterocycles. The monoisotopic (exact) mass is 687 g/mol. The molecule has 0 saturated heterocycles. The molecule has 51 heavy (non-hydrogen) atoms. The van der Waals surface area contributed by atoms with Gasteiger partial charge in [-0.05, 0) is 85.2 Å². The molecule has 1 atom stereocenters. The zero-order valence-electron chi connectivity index (χ0n) is 29.7. The summed E-state index contributed by atoms with van der Waals surface area (Å²) < 4.78 is 5.33. The van der Waals surface area contributed by atoms with Crippen molar-refractivity contribution in [2.75, 3.05) is 7.11 Å². The van der Waals surface area contributed by atoms with E-state index >= 15 is 0 Å². The Morgan fingerprint density at radius 3 is 1.22 bits per heavy atom. The first-order valence-corrected chi connectivity index (χ1v) is 17.1. The Balaban J connectivity index is 1.57. The highest BCUT2D eigenvalue weighted by molar-refractivity contribution is 5.76. The average Bonchev–Trinajstić information content (AvgIpc) is 3.08. The Bertz CT molecular complexity index is 2000. The molecule has 0 saturated carbocycles. The average molecular weight is 688 g/mol. The zero-order valence-corrected chi connectivity index (χ0v) is 29.7. The second-order valence-corrected chi connectivity index (χ2v) is 14.1. The lowest BCUT2D eigenvalue weighted by atomic mass is 9.90. The predicted octanol–water partition coefficient (Wildman–Crippen LogP) is 7.32. The molecule has 1 aliphatic heterocycles. The summed E-state index contributed by atoms with van der Waals surface area (Å²) in [6, 6.07) is 21.0. The van der Waals surface area contributed by atoms with Crippen molar-refractivity contribution in [2.24, 2.45) is 0 Å². The van der Waals surface area contributed by atoms with Crippen LogP contribution in [0.25, 0.3) is 0 Å². The van der Waals surface area contributed by atoms with Crippen molar-refractivity contribution in [2.45, 2.75) is 72.5 Å². The number of rotatable bonds is 4. The number of hydrogen-bond acceptors (Lipinski definition) is 8. The highest BCUT2D eigenvalue weighted by atomic mass is 16.5. The number of fused-ring (bicyclic) bond motifs is 8. The molecule has 6 rings (SSSR count). The maximum atomic E-state index is 13.6. The molecule has 0 aliphatic carbocycles. The Morgan fingerprint density at radius 1 is 0.569 bits per heavy atom. The van der Waals surface area contributed by atoms with Crippen LogP contribution in [0.5, 0.6) is 28.7 Å². The first kappa shape index (κ1) is 35.4. The summed E-state index contributed by atoms with van der Waals surface area (Å²) in [6.45, 7) is 8.06. The Kier molecular flexibility index (Phi) is 9.99. The SMILES string of the molecule is COC(=O)[C@H](Cc1ccc(O)cc1)N1Cc2cc(C)cc(c2O)Cc2cc(C)cc(c2O)Cc2cc(C)cc(c2O)Cc2cc(C)cc(c2O)C1. The van der Waals surface area contributed by atoms with E-state index in [1.165, 1.54) is 7.11 Å². The van der Waals surface area contributed by atoms with Gasteiger partial charge in [-0.15, -0.1) is 0 Å². The summed E-state index contributed by atoms with van der Waals surface area (Å²) in [5.74, 6) is -0.0601. The fourth-order valence-corrected chi connectivity index (χ4v) is 7.47. The second kappa shape index (κ2) is 14.4. The lowest BCUT2D eigenvalue weighted by Crippen LogP contribution is -2.42. The maximum Gasteiger partial charge on any atom is 0.323 e. The van der Waals surface area contributed by atoms with Gasteiger partial charge in [0.15, 0.2) is 0 Å². The minimum atomic E-state index is -0.830. The largest absolute Gasteiger partial charge is 0.508 e. The third kappa shape index (κ3) is 7.66. The van der Waals surface area contributed by atoms with Gasteiger partial charge in [-0.1, -0.05) is 82.9 Å². The Morgan fingerprint density at radius 2 is 0.882 bits per heavy atom. The molecule has 0 radical (unpaired) electrons. The highest BCUT2D eigenvalue weighted by Gasteiger charge is 2.30. The quantitative estimate of drug-likeness (QED) is 0.124. The molecular formula is C43H45NO7. The van der Waals surface area contributed by atoms with Crippen molar-refractivity contribution >= 4 is 5.97 Å². The standard InChI is InChI=1S/C43H45NO7/c1-24-10-29-19-30-11-25(2)13-32(40(30)47)21-34-15-27(4)17-36(42(34)49)23-44(38(43(50)51-5)18-28-6-8-37(45)9-7-28)22-35-16-26(3)14-33(41(35)48)20-31(12-24)39(29)46/h6-17,38,45-49H,18-23H2,1-5H3/t38-/m0/s1. The van der Waals surface area contributed by atoms with Crippen molar-refractivity contribution in [1.82, 2.24) is 4.90 Å². The normalized spacial score (nSPS) is 14.0. The molecule has 0 aromatic heterocycles. The van der Waals surface area contributed by atoms with E-state index in [0.717, 1.165) is 27.8 Å². The summed E-state index contributed by atoms with van der Waals surface area (Å²) in [5, 5.41) is 56.8. The summed E-state index contributed by atoms with van der Waals surface area (Å²) >= 11 is 0. The first-order valence-electron chi connectivity index (χ1n) is 17.1. The van der Waals surface area contributed by atoms with Gasteiger partial charge >= 0.3 is 5.97 Å². The van der Waals surface area contributed by atoms with E-state index in [0.29, 0.717) is 50.9 Å². The van der Waals surface area contributed by atoms with Crippen molar-refractivity contribution in [1.29, 1.82) is 0 Å². The molecule has 264 valence electrons. The van der Waals surface area contributed by atoms with Crippen LogP contribution in [0, 0.1) is 27.7 Å². The third-order valence-corrected chi connectivity index (χ3v) is 9.82. The molecule has 0 amide bonds. The second-order valence-electron chi connectivity index (χ2n) is 14.1. The van der Waals surface area contributed by atoms with Crippen LogP contribution in [0.15, 0.2) is 72.8 Å². The van der Waals surface area contributed by atoms with Gasteiger partial charge in [0.2, 0.25) is 0 Å². The van der Waals surface area contributed by atoms with Crippen molar-refractivity contribution in [3.8, 4) is 28.7 Å². The molecule has 5 aromatic carbocycles. The van der Waals surface area contributed by atoms with Crippen molar-refractivity contribution in [3.63, 3.8) is 0 Å². The van der Waals surface area contributed by atoms with Gasteiger partial charge in [0.05, 0.1) is 7.11 Å². The van der Waals surface area contributed by atoms with Gasteiger partial charge in [-0.25, -0.2) is 0 Å². The minimum Gasteiger partial charge on any atom is -0.508 e. The molecule has 0 spiro atoms. The van der Waals surface area contributed by atoms with Gasteiger partial charge in [0.25, 0.3) is 0 Å². The number of ether oxygens (including phenoxy) is 1. The van der Waals surface area contributed by atoms with Crippen LogP contribution in [0.1, 0.15) is 72.3 Å². The maximum absolute atomic E-state index is 13.6. The van der Waals surface area contributed by atoms with Gasteiger partial charge < -0.3 is 30.3 Å². The number of carbonyl (C=O) groups is 1. The Labute approximate surface area is 298 Å².